The Morgan fingerprint density at radius 3 is 1.70 bits per heavy atom. The third kappa shape index (κ3) is 7.85. The molecule has 0 saturated carbocycles. The van der Waals surface area contributed by atoms with E-state index in [9.17, 15) is 0 Å². The average molecular weight is 892 g/mol. The molecule has 0 radical (unpaired) electrons. The van der Waals surface area contributed by atoms with Crippen LogP contribution in [-0.4, -0.2) is 0 Å². The molecule has 0 N–H and O–H groups in total. The lowest BCUT2D eigenvalue weighted by atomic mass is 9.78. The molecule has 1 nitrogen and oxygen atoms in total. The summed E-state index contributed by atoms with van der Waals surface area (Å²) in [5, 5.41) is 4.98. The molecule has 0 saturated heterocycles. The Hall–Kier alpha value is -7.48. The summed E-state index contributed by atoms with van der Waals surface area (Å²) in [4.78, 5) is 2.48. The van der Waals surface area contributed by atoms with Crippen LogP contribution in [-0.2, 0) is 16.2 Å². The van der Waals surface area contributed by atoms with Crippen molar-refractivity contribution in [1.29, 1.82) is 0 Å². The van der Waals surface area contributed by atoms with Crippen molar-refractivity contribution >= 4 is 38.6 Å². The largest absolute Gasteiger partial charge is 0.310 e. The van der Waals surface area contributed by atoms with Crippen LogP contribution in [0.15, 0.2) is 206 Å². The van der Waals surface area contributed by atoms with E-state index in [1.807, 2.05) is 0 Å². The minimum Gasteiger partial charge on any atom is -0.310 e. The molecule has 0 amide bonds. The Kier molecular flexibility index (Phi) is 10.6. The number of hydrogen-bond donors (Lipinski definition) is 0. The highest BCUT2D eigenvalue weighted by molar-refractivity contribution is 6.09. The highest BCUT2D eigenvalue weighted by atomic mass is 15.1. The third-order valence-corrected chi connectivity index (χ3v) is 14.8. The topological polar surface area (TPSA) is 3.24 Å². The van der Waals surface area contributed by atoms with Gasteiger partial charge in [0.15, 0.2) is 0 Å². The second-order valence-corrected chi connectivity index (χ2v) is 21.9. The molecule has 11 rings (SSSR count). The summed E-state index contributed by atoms with van der Waals surface area (Å²) < 4.78 is 0. The van der Waals surface area contributed by atoms with Gasteiger partial charge in [0.1, 0.15) is 0 Å². The van der Waals surface area contributed by atoms with Crippen molar-refractivity contribution in [3.63, 3.8) is 0 Å². The molecule has 0 heterocycles. The Morgan fingerprint density at radius 2 is 0.957 bits per heavy atom. The highest BCUT2D eigenvalue weighted by Crippen LogP contribution is 2.51. The van der Waals surface area contributed by atoms with Crippen LogP contribution in [0.25, 0.3) is 77.2 Å². The molecule has 0 aliphatic heterocycles. The summed E-state index contributed by atoms with van der Waals surface area (Å²) in [6.45, 7) is 20.9. The van der Waals surface area contributed by atoms with Crippen molar-refractivity contribution in [3.8, 4) is 55.6 Å². The lowest BCUT2D eigenvalue weighted by molar-refractivity contribution is 0.569. The minimum absolute atomic E-state index is 0.00720. The first-order valence-electron chi connectivity index (χ1n) is 24.7. The summed E-state index contributed by atoms with van der Waals surface area (Å²) in [5.74, 6) is 0. The fraction of sp³-hybridized carbons (Fsp3) is 0.176. The second-order valence-electron chi connectivity index (χ2n) is 21.9. The summed E-state index contributed by atoms with van der Waals surface area (Å²) in [7, 11) is 0. The molecule has 0 spiro atoms. The monoisotopic (exact) mass is 891 g/mol. The number of nitrogens with zero attached hydrogens (tertiary/aromatic N) is 1. The molecule has 10 aromatic rings. The van der Waals surface area contributed by atoms with E-state index in [1.54, 1.807) is 0 Å². The van der Waals surface area contributed by atoms with Crippen LogP contribution in [0, 0.1) is 6.92 Å². The van der Waals surface area contributed by atoms with Gasteiger partial charge in [-0.3, -0.25) is 0 Å². The predicted octanol–water partition coefficient (Wildman–Crippen LogP) is 19.3. The van der Waals surface area contributed by atoms with Crippen LogP contribution in [0.5, 0.6) is 0 Å². The van der Waals surface area contributed by atoms with Gasteiger partial charge in [0.2, 0.25) is 0 Å². The number of benzene rings is 10. The van der Waals surface area contributed by atoms with E-state index in [-0.39, 0.29) is 16.2 Å². The molecule has 1 heteroatoms. The molecular formula is C68H61N. The molecule has 0 aromatic heterocycles. The zero-order valence-corrected chi connectivity index (χ0v) is 41.6. The van der Waals surface area contributed by atoms with Crippen molar-refractivity contribution in [2.45, 2.75) is 78.6 Å². The van der Waals surface area contributed by atoms with Crippen LogP contribution < -0.4 is 4.90 Å². The second kappa shape index (κ2) is 16.6. The maximum Gasteiger partial charge on any atom is 0.0540 e. The molecular weight excluding hydrogens is 831 g/mol. The van der Waals surface area contributed by atoms with Gasteiger partial charge in [0, 0.05) is 22.4 Å². The van der Waals surface area contributed by atoms with E-state index < -0.39 is 0 Å². The summed E-state index contributed by atoms with van der Waals surface area (Å²) in [5.41, 5.74) is 22.4. The lowest BCUT2D eigenvalue weighted by Crippen LogP contribution is -2.16. The van der Waals surface area contributed by atoms with E-state index in [0.717, 1.165) is 17.1 Å². The van der Waals surface area contributed by atoms with Crippen molar-refractivity contribution in [2.75, 3.05) is 4.90 Å². The average Bonchev–Trinajstić information content (AvgIpc) is 3.58. The molecule has 0 atom stereocenters. The molecule has 1 aliphatic carbocycles. The van der Waals surface area contributed by atoms with Gasteiger partial charge in [-0.1, -0.05) is 225 Å². The smallest absolute Gasteiger partial charge is 0.0540 e. The normalized spacial score (nSPS) is 13.1. The van der Waals surface area contributed by atoms with Gasteiger partial charge in [-0.15, -0.1) is 0 Å². The van der Waals surface area contributed by atoms with Crippen molar-refractivity contribution < 1.29 is 0 Å². The molecule has 0 bridgehead atoms. The first kappa shape index (κ1) is 44.1. The van der Waals surface area contributed by atoms with Crippen molar-refractivity contribution in [3.05, 3.63) is 234 Å². The van der Waals surface area contributed by atoms with E-state index in [4.69, 9.17) is 0 Å². The highest BCUT2D eigenvalue weighted by Gasteiger charge is 2.35. The fourth-order valence-electron chi connectivity index (χ4n) is 10.9. The lowest BCUT2D eigenvalue weighted by Gasteiger charge is -2.29. The Labute approximate surface area is 409 Å². The maximum absolute atomic E-state index is 2.48. The van der Waals surface area contributed by atoms with Crippen LogP contribution in [0.4, 0.5) is 17.1 Å². The molecule has 0 unspecified atom stereocenters. The van der Waals surface area contributed by atoms with Crippen molar-refractivity contribution in [2.24, 2.45) is 0 Å². The quantitative estimate of drug-likeness (QED) is 0.154. The van der Waals surface area contributed by atoms with E-state index in [1.165, 1.54) is 105 Å². The Balaban J connectivity index is 1.11. The number of hydrogen-bond acceptors (Lipinski definition) is 1. The van der Waals surface area contributed by atoms with Crippen LogP contribution >= 0.6 is 0 Å². The van der Waals surface area contributed by atoms with E-state index in [2.05, 4.69) is 273 Å². The SMILES string of the molecule is Cc1ccc(N(c2ccc(-c3ccc4c(c3)C(C)(C)c3ccccc3-4)cc2)c2cccc(-c3cccc4ccccc34)c2)c(-c2cccc3cccc(-c4cc(C(C)(C)C)cc(C(C)(C)C)c4)c23)c1. The molecule has 338 valence electrons. The summed E-state index contributed by atoms with van der Waals surface area (Å²) in [6.07, 6.45) is 0. The number of fused-ring (bicyclic) bond motifs is 5. The third-order valence-electron chi connectivity index (χ3n) is 14.8. The van der Waals surface area contributed by atoms with Gasteiger partial charge >= 0.3 is 0 Å². The zero-order chi connectivity index (χ0) is 47.8. The first-order valence-corrected chi connectivity index (χ1v) is 24.7. The Morgan fingerprint density at radius 1 is 0.362 bits per heavy atom. The van der Waals surface area contributed by atoms with Crippen LogP contribution in [0.2, 0.25) is 0 Å². The summed E-state index contributed by atoms with van der Waals surface area (Å²) in [6, 6.07) is 77.7. The van der Waals surface area contributed by atoms with Gasteiger partial charge in [0.25, 0.3) is 0 Å². The summed E-state index contributed by atoms with van der Waals surface area (Å²) >= 11 is 0. The van der Waals surface area contributed by atoms with Gasteiger partial charge < -0.3 is 4.90 Å². The molecule has 1 aliphatic rings. The molecule has 10 aromatic carbocycles. The number of rotatable bonds is 7. The van der Waals surface area contributed by atoms with Crippen LogP contribution in [0.1, 0.15) is 83.2 Å². The fourth-order valence-corrected chi connectivity index (χ4v) is 10.9. The first-order chi connectivity index (χ1) is 33.1. The van der Waals surface area contributed by atoms with Gasteiger partial charge in [0.05, 0.1) is 5.69 Å². The Bertz CT molecular complexity index is 3560. The zero-order valence-electron chi connectivity index (χ0n) is 41.6. The molecule has 0 fully saturated rings. The minimum atomic E-state index is -0.0681. The number of anilines is 3. The van der Waals surface area contributed by atoms with Gasteiger partial charge in [-0.2, -0.15) is 0 Å². The van der Waals surface area contributed by atoms with Crippen molar-refractivity contribution in [1.82, 2.24) is 0 Å². The predicted molar refractivity (Wildman–Crippen MR) is 298 cm³/mol. The van der Waals surface area contributed by atoms with Gasteiger partial charge in [-0.05, 0) is 154 Å². The van der Waals surface area contributed by atoms with Gasteiger partial charge in [-0.25, -0.2) is 0 Å². The number of aryl methyl sites for hydroxylation is 1. The molecule has 69 heavy (non-hydrogen) atoms. The van der Waals surface area contributed by atoms with Crippen LogP contribution in [0.3, 0.4) is 0 Å². The standard InChI is InChI=1S/C68H61N/c1-44-30-37-64(61(38-44)60-28-17-21-47-20-16-27-57(65(47)60)50-39-51(66(2,3)4)43-52(40-50)67(5,6)7)69(54-23-14-22-49(41-54)56-26-15-19-46-18-10-11-24-55(46)56)53-34-31-45(32-35-53)48-33-36-59-58-25-12-13-29-62(58)68(8,9)63(59)42-48/h10-43H,1-9H3. The maximum atomic E-state index is 2.48. The van der Waals surface area contributed by atoms with E-state index in [0.29, 0.717) is 0 Å². The van der Waals surface area contributed by atoms with E-state index >= 15 is 0 Å².